The van der Waals surface area contributed by atoms with Gasteiger partial charge in [0.05, 0.1) is 23.9 Å². The second-order valence-corrected chi connectivity index (χ2v) is 5.85. The van der Waals surface area contributed by atoms with Gasteiger partial charge in [0.1, 0.15) is 0 Å². The Labute approximate surface area is 154 Å². The topological polar surface area (TPSA) is 96.0 Å². The third-order valence-corrected chi connectivity index (χ3v) is 4.06. The molecule has 1 N–H and O–H groups in total. The number of amides is 1. The highest BCUT2D eigenvalue weighted by Crippen LogP contribution is 2.16. The molecule has 0 radical (unpaired) electrons. The van der Waals surface area contributed by atoms with Crippen molar-refractivity contribution in [1.29, 1.82) is 5.26 Å². The molecular formula is C20H14N6O. The number of nitrogens with zero attached hydrogens (tertiary/aromatic N) is 5. The number of nitriles is 1. The minimum Gasteiger partial charge on any atom is -0.345 e. The fourth-order valence-electron chi connectivity index (χ4n) is 2.70. The van der Waals surface area contributed by atoms with Crippen LogP contribution < -0.4 is 5.32 Å². The fraction of sp³-hybridized carbons (Fsp3) is 0.0500. The minimum absolute atomic E-state index is 0.169. The molecule has 0 fully saturated rings. The summed E-state index contributed by atoms with van der Waals surface area (Å²) in [4.78, 5) is 12.3. The summed E-state index contributed by atoms with van der Waals surface area (Å²) in [5.74, 6) is 0.232. The molecule has 0 saturated heterocycles. The van der Waals surface area contributed by atoms with Crippen molar-refractivity contribution in [1.82, 2.24) is 25.1 Å². The molecule has 0 atom stereocenters. The lowest BCUT2D eigenvalue weighted by Crippen LogP contribution is -2.24. The number of hydrogen-bond donors (Lipinski definition) is 1. The first-order valence-electron chi connectivity index (χ1n) is 8.30. The second-order valence-electron chi connectivity index (χ2n) is 5.85. The molecule has 130 valence electrons. The Balaban J connectivity index is 1.57. The minimum atomic E-state index is -0.289. The van der Waals surface area contributed by atoms with Crippen LogP contribution in [0.15, 0.2) is 66.7 Å². The Kier molecular flexibility index (Phi) is 4.29. The molecule has 4 rings (SSSR count). The van der Waals surface area contributed by atoms with E-state index in [-0.39, 0.29) is 12.5 Å². The lowest BCUT2D eigenvalue weighted by Gasteiger charge is -2.05. The van der Waals surface area contributed by atoms with Gasteiger partial charge in [0.15, 0.2) is 11.5 Å². The van der Waals surface area contributed by atoms with Crippen LogP contribution in [-0.4, -0.2) is 25.7 Å². The third-order valence-electron chi connectivity index (χ3n) is 4.06. The molecule has 2 aromatic carbocycles. The predicted octanol–water partition coefficient (Wildman–Crippen LogP) is 2.59. The summed E-state index contributed by atoms with van der Waals surface area (Å²) in [7, 11) is 0. The largest absolute Gasteiger partial charge is 0.345 e. The SMILES string of the molecule is N#Cc1cccc(C(=O)NCc2nnc3ccc(-c4ccccc4)nn23)c1. The van der Waals surface area contributed by atoms with E-state index in [2.05, 4.69) is 20.6 Å². The van der Waals surface area contributed by atoms with Crippen LogP contribution in [-0.2, 0) is 6.54 Å². The number of carbonyl (C=O) groups is 1. The van der Waals surface area contributed by atoms with Crippen molar-refractivity contribution in [3.63, 3.8) is 0 Å². The Morgan fingerprint density at radius 3 is 2.70 bits per heavy atom. The van der Waals surface area contributed by atoms with E-state index >= 15 is 0 Å². The van der Waals surface area contributed by atoms with Crippen molar-refractivity contribution in [2.45, 2.75) is 6.54 Å². The highest BCUT2D eigenvalue weighted by molar-refractivity contribution is 5.94. The lowest BCUT2D eigenvalue weighted by molar-refractivity contribution is 0.0949. The van der Waals surface area contributed by atoms with E-state index in [0.29, 0.717) is 22.6 Å². The Hall–Kier alpha value is -4.05. The van der Waals surface area contributed by atoms with Crippen LogP contribution in [0.25, 0.3) is 16.9 Å². The molecule has 0 unspecified atom stereocenters. The van der Waals surface area contributed by atoms with Gasteiger partial charge in [-0.2, -0.15) is 14.9 Å². The van der Waals surface area contributed by atoms with Gasteiger partial charge in [-0.1, -0.05) is 36.4 Å². The van der Waals surface area contributed by atoms with Crippen molar-refractivity contribution in [2.75, 3.05) is 0 Å². The summed E-state index contributed by atoms with van der Waals surface area (Å²) in [6.45, 7) is 0.169. The summed E-state index contributed by atoms with van der Waals surface area (Å²) in [6, 6.07) is 22.1. The Morgan fingerprint density at radius 2 is 1.89 bits per heavy atom. The van der Waals surface area contributed by atoms with Crippen LogP contribution in [0.1, 0.15) is 21.7 Å². The van der Waals surface area contributed by atoms with E-state index in [1.807, 2.05) is 48.5 Å². The molecule has 27 heavy (non-hydrogen) atoms. The van der Waals surface area contributed by atoms with Crippen molar-refractivity contribution in [3.8, 4) is 17.3 Å². The maximum atomic E-state index is 12.3. The van der Waals surface area contributed by atoms with E-state index < -0.39 is 0 Å². The van der Waals surface area contributed by atoms with Gasteiger partial charge in [0.25, 0.3) is 5.91 Å². The number of hydrogen-bond acceptors (Lipinski definition) is 5. The average molecular weight is 354 g/mol. The molecule has 4 aromatic rings. The van der Waals surface area contributed by atoms with Crippen LogP contribution in [0.4, 0.5) is 0 Å². The van der Waals surface area contributed by atoms with Gasteiger partial charge >= 0.3 is 0 Å². The van der Waals surface area contributed by atoms with Crippen LogP contribution in [0.5, 0.6) is 0 Å². The molecule has 7 nitrogen and oxygen atoms in total. The molecule has 0 saturated carbocycles. The quantitative estimate of drug-likeness (QED) is 0.608. The zero-order valence-corrected chi connectivity index (χ0v) is 14.2. The van der Waals surface area contributed by atoms with Gasteiger partial charge in [-0.05, 0) is 30.3 Å². The summed E-state index contributed by atoms with van der Waals surface area (Å²) in [5, 5.41) is 24.5. The number of carbonyl (C=O) groups excluding carboxylic acids is 1. The van der Waals surface area contributed by atoms with E-state index in [0.717, 1.165) is 11.3 Å². The molecule has 0 aliphatic rings. The number of benzene rings is 2. The number of aromatic nitrogens is 4. The molecule has 2 aromatic heterocycles. The molecule has 0 bridgehead atoms. The van der Waals surface area contributed by atoms with Gasteiger partial charge in [0.2, 0.25) is 0 Å². The van der Waals surface area contributed by atoms with Crippen LogP contribution in [0, 0.1) is 11.3 Å². The van der Waals surface area contributed by atoms with Gasteiger partial charge in [-0.25, -0.2) is 0 Å². The molecule has 0 aliphatic heterocycles. The smallest absolute Gasteiger partial charge is 0.251 e. The maximum Gasteiger partial charge on any atom is 0.251 e. The van der Waals surface area contributed by atoms with Gasteiger partial charge in [0, 0.05) is 11.1 Å². The monoisotopic (exact) mass is 354 g/mol. The standard InChI is InChI=1S/C20H14N6O/c21-12-14-5-4-8-16(11-14)20(27)22-13-19-24-23-18-10-9-17(25-26(18)19)15-6-2-1-3-7-15/h1-11H,13H2,(H,22,27). The van der Waals surface area contributed by atoms with E-state index in [9.17, 15) is 4.79 Å². The Morgan fingerprint density at radius 1 is 1.04 bits per heavy atom. The molecule has 0 aliphatic carbocycles. The van der Waals surface area contributed by atoms with E-state index in [1.54, 1.807) is 28.8 Å². The van der Waals surface area contributed by atoms with Crippen molar-refractivity contribution < 1.29 is 4.79 Å². The van der Waals surface area contributed by atoms with Gasteiger partial charge in [-0.3, -0.25) is 4.79 Å². The van der Waals surface area contributed by atoms with Crippen molar-refractivity contribution >= 4 is 11.6 Å². The molecular weight excluding hydrogens is 340 g/mol. The Bertz CT molecular complexity index is 1160. The maximum absolute atomic E-state index is 12.3. The second kappa shape index (κ2) is 7.06. The van der Waals surface area contributed by atoms with E-state index in [4.69, 9.17) is 5.26 Å². The van der Waals surface area contributed by atoms with Crippen molar-refractivity contribution in [2.24, 2.45) is 0 Å². The van der Waals surface area contributed by atoms with Crippen LogP contribution >= 0.6 is 0 Å². The number of rotatable bonds is 4. The van der Waals surface area contributed by atoms with Crippen LogP contribution in [0.3, 0.4) is 0 Å². The number of fused-ring (bicyclic) bond motifs is 1. The summed E-state index contributed by atoms with van der Waals surface area (Å²) in [5.41, 5.74) is 3.23. The number of nitrogens with one attached hydrogen (secondary N) is 1. The molecule has 1 amide bonds. The fourth-order valence-corrected chi connectivity index (χ4v) is 2.70. The average Bonchev–Trinajstić information content (AvgIpc) is 3.15. The normalized spacial score (nSPS) is 10.5. The molecule has 0 spiro atoms. The highest BCUT2D eigenvalue weighted by atomic mass is 16.1. The predicted molar refractivity (Wildman–Crippen MR) is 98.5 cm³/mol. The van der Waals surface area contributed by atoms with E-state index in [1.165, 1.54) is 0 Å². The zero-order valence-electron chi connectivity index (χ0n) is 14.2. The first-order valence-corrected chi connectivity index (χ1v) is 8.30. The van der Waals surface area contributed by atoms with Gasteiger partial charge in [-0.15, -0.1) is 10.2 Å². The third kappa shape index (κ3) is 3.37. The highest BCUT2D eigenvalue weighted by Gasteiger charge is 2.11. The lowest BCUT2D eigenvalue weighted by atomic mass is 10.1. The first-order chi connectivity index (χ1) is 13.2. The van der Waals surface area contributed by atoms with Gasteiger partial charge < -0.3 is 5.32 Å². The van der Waals surface area contributed by atoms with Crippen LogP contribution in [0.2, 0.25) is 0 Å². The zero-order chi connectivity index (χ0) is 18.6. The summed E-state index contributed by atoms with van der Waals surface area (Å²) in [6.07, 6.45) is 0. The summed E-state index contributed by atoms with van der Waals surface area (Å²) < 4.78 is 1.62. The van der Waals surface area contributed by atoms with Crippen molar-refractivity contribution in [3.05, 3.63) is 83.7 Å². The molecule has 2 heterocycles. The summed E-state index contributed by atoms with van der Waals surface area (Å²) >= 11 is 0. The molecule has 7 heteroatoms. The first kappa shape index (κ1) is 16.4.